The molecule has 21 heavy (non-hydrogen) atoms. The second-order valence-corrected chi connectivity index (χ2v) is 4.38. The van der Waals surface area contributed by atoms with Crippen LogP contribution in [0.1, 0.15) is 16.9 Å². The van der Waals surface area contributed by atoms with Gasteiger partial charge in [0.2, 0.25) is 5.91 Å². The molecular formula is C15H16N4O2. The first kappa shape index (κ1) is 14.6. The molecule has 2 amide bonds. The first-order valence-corrected chi connectivity index (χ1v) is 6.54. The molecule has 0 fully saturated rings. The van der Waals surface area contributed by atoms with E-state index < -0.39 is 0 Å². The van der Waals surface area contributed by atoms with Gasteiger partial charge < -0.3 is 10.2 Å². The van der Waals surface area contributed by atoms with Crippen LogP contribution < -0.4 is 10.2 Å². The highest BCUT2D eigenvalue weighted by Crippen LogP contribution is 2.11. The number of nitrogens with zero attached hydrogens (tertiary/aromatic N) is 3. The van der Waals surface area contributed by atoms with E-state index in [1.807, 2.05) is 30.3 Å². The van der Waals surface area contributed by atoms with E-state index in [1.54, 1.807) is 11.9 Å². The Morgan fingerprint density at radius 3 is 2.62 bits per heavy atom. The number of carbonyl (C=O) groups is 2. The summed E-state index contributed by atoms with van der Waals surface area (Å²) in [7, 11) is 1.71. The normalized spacial score (nSPS) is 9.95. The van der Waals surface area contributed by atoms with Crippen LogP contribution in [0.5, 0.6) is 0 Å². The molecular weight excluding hydrogens is 268 g/mol. The number of aromatic nitrogens is 2. The average molecular weight is 284 g/mol. The van der Waals surface area contributed by atoms with E-state index in [2.05, 4.69) is 15.3 Å². The third-order valence-electron chi connectivity index (χ3n) is 2.94. The van der Waals surface area contributed by atoms with Crippen LogP contribution in [-0.2, 0) is 4.79 Å². The van der Waals surface area contributed by atoms with Crippen molar-refractivity contribution in [3.63, 3.8) is 0 Å². The summed E-state index contributed by atoms with van der Waals surface area (Å²) in [5.74, 6) is -0.404. The van der Waals surface area contributed by atoms with Gasteiger partial charge in [0, 0.05) is 38.1 Å². The zero-order valence-corrected chi connectivity index (χ0v) is 11.7. The van der Waals surface area contributed by atoms with Crippen LogP contribution in [0.4, 0.5) is 5.69 Å². The van der Waals surface area contributed by atoms with Crippen LogP contribution in [-0.4, -0.2) is 35.4 Å². The highest BCUT2D eigenvalue weighted by Gasteiger charge is 2.11. The van der Waals surface area contributed by atoms with Crippen molar-refractivity contribution in [1.82, 2.24) is 15.3 Å². The Kier molecular flexibility index (Phi) is 4.98. The molecule has 0 aliphatic rings. The summed E-state index contributed by atoms with van der Waals surface area (Å²) in [5.41, 5.74) is 1.06. The molecule has 1 N–H and O–H groups in total. The molecule has 2 aromatic rings. The zero-order valence-electron chi connectivity index (χ0n) is 11.7. The highest BCUT2D eigenvalue weighted by atomic mass is 16.2. The van der Waals surface area contributed by atoms with E-state index in [1.165, 1.54) is 18.6 Å². The Hall–Kier alpha value is -2.76. The van der Waals surface area contributed by atoms with Gasteiger partial charge in [0.1, 0.15) is 5.69 Å². The molecule has 0 saturated heterocycles. The van der Waals surface area contributed by atoms with Crippen LogP contribution in [0.3, 0.4) is 0 Å². The third kappa shape index (κ3) is 4.10. The minimum Gasteiger partial charge on any atom is -0.350 e. The maximum absolute atomic E-state index is 12.0. The van der Waals surface area contributed by atoms with Crippen LogP contribution >= 0.6 is 0 Å². The molecule has 0 atom stereocenters. The molecule has 0 radical (unpaired) electrons. The minimum atomic E-state index is -0.335. The van der Waals surface area contributed by atoms with Gasteiger partial charge in [-0.1, -0.05) is 18.2 Å². The number of anilines is 1. The monoisotopic (exact) mass is 284 g/mol. The van der Waals surface area contributed by atoms with Gasteiger partial charge in [-0.15, -0.1) is 0 Å². The Balaban J connectivity index is 1.81. The third-order valence-corrected chi connectivity index (χ3v) is 2.94. The lowest BCUT2D eigenvalue weighted by atomic mass is 10.2. The topological polar surface area (TPSA) is 75.2 Å². The van der Waals surface area contributed by atoms with Crippen LogP contribution in [0.2, 0.25) is 0 Å². The number of para-hydroxylation sites is 1. The molecule has 2 rings (SSSR count). The predicted octanol–water partition coefficient (Wildman–Crippen LogP) is 1.26. The van der Waals surface area contributed by atoms with Crippen LogP contribution in [0.15, 0.2) is 48.9 Å². The molecule has 6 nitrogen and oxygen atoms in total. The maximum Gasteiger partial charge on any atom is 0.271 e. The highest BCUT2D eigenvalue weighted by molar-refractivity contribution is 5.94. The van der Waals surface area contributed by atoms with Crippen LogP contribution in [0.25, 0.3) is 0 Å². The van der Waals surface area contributed by atoms with E-state index >= 15 is 0 Å². The number of amides is 2. The molecule has 0 aliphatic heterocycles. The number of hydrogen-bond donors (Lipinski definition) is 1. The molecule has 1 aromatic heterocycles. The van der Waals surface area contributed by atoms with Gasteiger partial charge in [-0.2, -0.15) is 0 Å². The zero-order chi connectivity index (χ0) is 15.1. The molecule has 0 bridgehead atoms. The Morgan fingerprint density at radius 1 is 1.19 bits per heavy atom. The summed E-state index contributed by atoms with van der Waals surface area (Å²) in [6.07, 6.45) is 4.54. The van der Waals surface area contributed by atoms with Gasteiger partial charge in [0.15, 0.2) is 0 Å². The Morgan fingerprint density at radius 2 is 1.95 bits per heavy atom. The first-order valence-electron chi connectivity index (χ1n) is 6.54. The van der Waals surface area contributed by atoms with E-state index in [4.69, 9.17) is 0 Å². The smallest absolute Gasteiger partial charge is 0.271 e. The summed E-state index contributed by atoms with van der Waals surface area (Å²) < 4.78 is 0. The summed E-state index contributed by atoms with van der Waals surface area (Å²) in [6.45, 7) is 0.255. The van der Waals surface area contributed by atoms with E-state index in [0.29, 0.717) is 0 Å². The van der Waals surface area contributed by atoms with Crippen molar-refractivity contribution in [3.8, 4) is 0 Å². The Labute approximate surface area is 122 Å². The van der Waals surface area contributed by atoms with Gasteiger partial charge >= 0.3 is 0 Å². The second kappa shape index (κ2) is 7.14. The molecule has 0 saturated carbocycles. The number of rotatable bonds is 5. The van der Waals surface area contributed by atoms with Crippen molar-refractivity contribution in [2.75, 3.05) is 18.5 Å². The molecule has 108 valence electrons. The fraction of sp³-hybridized carbons (Fsp3) is 0.200. The SMILES string of the molecule is CN(C(=O)CCNC(=O)c1cnccn1)c1ccccc1. The lowest BCUT2D eigenvalue weighted by molar-refractivity contribution is -0.118. The van der Waals surface area contributed by atoms with Crippen molar-refractivity contribution in [3.05, 3.63) is 54.6 Å². The number of nitrogens with one attached hydrogen (secondary N) is 1. The summed E-state index contributed by atoms with van der Waals surface area (Å²) >= 11 is 0. The predicted molar refractivity (Wildman–Crippen MR) is 78.8 cm³/mol. The van der Waals surface area contributed by atoms with Crippen molar-refractivity contribution in [2.24, 2.45) is 0 Å². The lowest BCUT2D eigenvalue weighted by Crippen LogP contribution is -2.32. The van der Waals surface area contributed by atoms with Crippen molar-refractivity contribution >= 4 is 17.5 Å². The van der Waals surface area contributed by atoms with E-state index in [-0.39, 0.29) is 30.5 Å². The number of benzene rings is 1. The second-order valence-electron chi connectivity index (χ2n) is 4.38. The quantitative estimate of drug-likeness (QED) is 0.897. The van der Waals surface area contributed by atoms with Gasteiger partial charge in [-0.05, 0) is 12.1 Å². The van der Waals surface area contributed by atoms with Gasteiger partial charge in [-0.3, -0.25) is 14.6 Å². The summed E-state index contributed by atoms with van der Waals surface area (Å²) in [5, 5.41) is 2.65. The van der Waals surface area contributed by atoms with Gasteiger partial charge in [0.25, 0.3) is 5.91 Å². The molecule has 0 aliphatic carbocycles. The summed E-state index contributed by atoms with van der Waals surface area (Å²) in [6, 6.07) is 9.35. The van der Waals surface area contributed by atoms with E-state index in [0.717, 1.165) is 5.69 Å². The van der Waals surface area contributed by atoms with Crippen molar-refractivity contribution < 1.29 is 9.59 Å². The minimum absolute atomic E-state index is 0.0688. The van der Waals surface area contributed by atoms with Gasteiger partial charge in [-0.25, -0.2) is 4.98 Å². The number of carbonyl (C=O) groups excluding carboxylic acids is 2. The standard InChI is InChI=1S/C15H16N4O2/c1-19(12-5-3-2-4-6-12)14(20)7-8-18-15(21)13-11-16-9-10-17-13/h2-6,9-11H,7-8H2,1H3,(H,18,21). The fourth-order valence-electron chi connectivity index (χ4n) is 1.75. The largest absolute Gasteiger partial charge is 0.350 e. The fourth-order valence-corrected chi connectivity index (χ4v) is 1.75. The van der Waals surface area contributed by atoms with E-state index in [9.17, 15) is 9.59 Å². The number of hydrogen-bond acceptors (Lipinski definition) is 4. The van der Waals surface area contributed by atoms with Crippen LogP contribution in [0, 0.1) is 0 Å². The molecule has 1 aromatic carbocycles. The Bertz CT molecular complexity index is 602. The molecule has 6 heteroatoms. The van der Waals surface area contributed by atoms with Crippen molar-refractivity contribution in [2.45, 2.75) is 6.42 Å². The molecule has 1 heterocycles. The summed E-state index contributed by atoms with van der Waals surface area (Å²) in [4.78, 5) is 33.0. The lowest BCUT2D eigenvalue weighted by Gasteiger charge is -2.17. The average Bonchev–Trinajstić information content (AvgIpc) is 2.55. The maximum atomic E-state index is 12.0. The van der Waals surface area contributed by atoms with Gasteiger partial charge in [0.05, 0.1) is 6.20 Å². The van der Waals surface area contributed by atoms with Crippen molar-refractivity contribution in [1.29, 1.82) is 0 Å². The molecule has 0 spiro atoms. The first-order chi connectivity index (χ1) is 10.2. The molecule has 0 unspecified atom stereocenters.